The molecule has 0 unspecified atom stereocenters. The largest absolute Gasteiger partial charge is 0.481 e. The highest BCUT2D eigenvalue weighted by Gasteiger charge is 2.40. The lowest BCUT2D eigenvalue weighted by molar-refractivity contribution is -0.141. The Bertz CT molecular complexity index is 771. The van der Waals surface area contributed by atoms with E-state index in [1.165, 1.54) is 0 Å². The molecule has 1 N–H and O–H groups in total. The summed E-state index contributed by atoms with van der Waals surface area (Å²) >= 11 is 0. The number of rotatable bonds is 5. The maximum Gasteiger partial charge on any atom is 0.308 e. The second-order valence-corrected chi connectivity index (χ2v) is 6.23. The fraction of sp³-hybridized carbons (Fsp3) is 0.250. The normalized spacial score (nSPS) is 19.6. The lowest BCUT2D eigenvalue weighted by Crippen LogP contribution is -2.29. The van der Waals surface area contributed by atoms with Crippen LogP contribution in [0.3, 0.4) is 0 Å². The minimum Gasteiger partial charge on any atom is -0.481 e. The Labute approximate surface area is 146 Å². The van der Waals surface area contributed by atoms with Crippen molar-refractivity contribution in [3.8, 4) is 0 Å². The zero-order valence-corrected chi connectivity index (χ0v) is 13.8. The molecule has 25 heavy (non-hydrogen) atoms. The third-order valence-electron chi connectivity index (χ3n) is 4.64. The van der Waals surface area contributed by atoms with Gasteiger partial charge in [-0.25, -0.2) is 0 Å². The second-order valence-electron chi connectivity index (χ2n) is 6.23. The van der Waals surface area contributed by atoms with Crippen LogP contribution in [-0.2, 0) is 11.2 Å². The summed E-state index contributed by atoms with van der Waals surface area (Å²) < 4.78 is 0. The van der Waals surface area contributed by atoms with Crippen LogP contribution in [0.4, 0.5) is 0 Å². The van der Waals surface area contributed by atoms with E-state index in [1.807, 2.05) is 30.3 Å². The van der Waals surface area contributed by atoms with Crippen molar-refractivity contribution in [2.45, 2.75) is 12.3 Å². The van der Waals surface area contributed by atoms with E-state index in [4.69, 9.17) is 0 Å². The van der Waals surface area contributed by atoms with Crippen LogP contribution in [0, 0.1) is 5.92 Å². The lowest BCUT2D eigenvalue weighted by Gasteiger charge is -2.16. The molecule has 2 aromatic rings. The molecule has 1 fully saturated rings. The number of allylic oxidation sites excluding steroid dienone is 1. The van der Waals surface area contributed by atoms with Gasteiger partial charge in [0.25, 0.3) is 5.91 Å². The molecule has 0 aliphatic carbocycles. The van der Waals surface area contributed by atoms with Gasteiger partial charge in [0.1, 0.15) is 0 Å². The number of carbonyl (C=O) groups excluding carboxylic acids is 1. The van der Waals surface area contributed by atoms with Crippen molar-refractivity contribution in [2.75, 3.05) is 13.1 Å². The van der Waals surface area contributed by atoms with Crippen molar-refractivity contribution in [2.24, 2.45) is 5.92 Å². The van der Waals surface area contributed by atoms with Gasteiger partial charge < -0.3 is 10.0 Å². The van der Waals surface area contributed by atoms with Crippen molar-refractivity contribution < 1.29 is 14.7 Å². The number of aromatic nitrogens is 1. The van der Waals surface area contributed by atoms with Crippen LogP contribution in [-0.4, -0.2) is 40.0 Å². The number of likely N-dealkylation sites (tertiary alicyclic amines) is 1. The fourth-order valence-electron chi connectivity index (χ4n) is 3.30. The Morgan fingerprint density at radius 1 is 1.16 bits per heavy atom. The van der Waals surface area contributed by atoms with E-state index < -0.39 is 11.9 Å². The first-order valence-electron chi connectivity index (χ1n) is 8.22. The Kier molecular flexibility index (Phi) is 4.93. The highest BCUT2D eigenvalue weighted by atomic mass is 16.4. The molecule has 1 amide bonds. The highest BCUT2D eigenvalue weighted by Crippen LogP contribution is 2.33. The number of hydrogen-bond acceptors (Lipinski definition) is 3. The molecule has 1 aromatic heterocycles. The lowest BCUT2D eigenvalue weighted by atomic mass is 9.90. The number of hydrogen-bond donors (Lipinski definition) is 1. The molecular formula is C20H20N2O3. The molecule has 1 saturated heterocycles. The van der Waals surface area contributed by atoms with Crippen molar-refractivity contribution in [3.63, 3.8) is 0 Å². The van der Waals surface area contributed by atoms with Crippen LogP contribution in [0.15, 0.2) is 61.4 Å². The van der Waals surface area contributed by atoms with Gasteiger partial charge >= 0.3 is 5.97 Å². The molecule has 0 saturated carbocycles. The number of carboxylic acid groups (broad SMARTS) is 1. The average Bonchev–Trinajstić information content (AvgIpc) is 3.08. The summed E-state index contributed by atoms with van der Waals surface area (Å²) in [4.78, 5) is 30.0. The fourth-order valence-corrected chi connectivity index (χ4v) is 3.30. The van der Waals surface area contributed by atoms with Gasteiger partial charge in [-0.2, -0.15) is 0 Å². The van der Waals surface area contributed by atoms with E-state index in [1.54, 1.807) is 29.4 Å². The summed E-state index contributed by atoms with van der Waals surface area (Å²) in [6.45, 7) is 4.32. The van der Waals surface area contributed by atoms with Gasteiger partial charge in [0.2, 0.25) is 0 Å². The summed E-state index contributed by atoms with van der Waals surface area (Å²) in [6, 6.07) is 11.0. The van der Waals surface area contributed by atoms with Crippen LogP contribution in [0.25, 0.3) is 0 Å². The molecule has 0 spiro atoms. The van der Waals surface area contributed by atoms with Gasteiger partial charge in [-0.05, 0) is 41.8 Å². The first-order valence-corrected chi connectivity index (χ1v) is 8.22. The number of aliphatic carboxylic acids is 1. The minimum absolute atomic E-state index is 0.132. The van der Waals surface area contributed by atoms with E-state index >= 15 is 0 Å². The summed E-state index contributed by atoms with van der Waals surface area (Å²) in [7, 11) is 0. The quantitative estimate of drug-likeness (QED) is 0.852. The van der Waals surface area contributed by atoms with E-state index in [-0.39, 0.29) is 18.4 Å². The Morgan fingerprint density at radius 3 is 2.44 bits per heavy atom. The molecule has 5 heteroatoms. The van der Waals surface area contributed by atoms with Gasteiger partial charge in [0, 0.05) is 37.0 Å². The Morgan fingerprint density at radius 2 is 1.84 bits per heavy atom. The number of amides is 1. The Balaban J connectivity index is 1.79. The van der Waals surface area contributed by atoms with E-state index in [0.29, 0.717) is 12.1 Å². The minimum atomic E-state index is -0.876. The van der Waals surface area contributed by atoms with Gasteiger partial charge in [0.05, 0.1) is 5.92 Å². The van der Waals surface area contributed by atoms with Gasteiger partial charge in [0.15, 0.2) is 0 Å². The molecule has 3 rings (SSSR count). The molecule has 0 bridgehead atoms. The molecule has 128 valence electrons. The van der Waals surface area contributed by atoms with E-state index in [0.717, 1.165) is 17.5 Å². The second kappa shape index (κ2) is 7.30. The molecule has 1 aliphatic rings. The number of benzene rings is 1. The number of nitrogens with zero attached hydrogens (tertiary/aromatic N) is 2. The van der Waals surface area contributed by atoms with Gasteiger partial charge in [-0.3, -0.25) is 14.6 Å². The predicted molar refractivity (Wildman–Crippen MR) is 94.4 cm³/mol. The topological polar surface area (TPSA) is 70.5 Å². The number of carboxylic acids is 1. The van der Waals surface area contributed by atoms with Crippen molar-refractivity contribution >= 4 is 11.9 Å². The van der Waals surface area contributed by atoms with Crippen LogP contribution in [0.2, 0.25) is 0 Å². The van der Waals surface area contributed by atoms with E-state index in [9.17, 15) is 14.7 Å². The van der Waals surface area contributed by atoms with Crippen molar-refractivity contribution in [3.05, 3.63) is 78.1 Å². The third-order valence-corrected chi connectivity index (χ3v) is 4.64. The standard InChI is InChI=1S/C20H20N2O3/c1-2-3-14-4-6-16(7-5-14)19(23)22-12-17(18(13-22)20(24)25)15-8-10-21-11-9-15/h2,4-11,17-18H,1,3,12-13H2,(H,24,25)/t17-,18+/m1/s1. The van der Waals surface area contributed by atoms with Crippen LogP contribution >= 0.6 is 0 Å². The molecule has 5 nitrogen and oxygen atoms in total. The van der Waals surface area contributed by atoms with Gasteiger partial charge in [-0.1, -0.05) is 18.2 Å². The predicted octanol–water partition coefficient (Wildman–Crippen LogP) is 2.75. The molecule has 2 heterocycles. The monoisotopic (exact) mass is 336 g/mol. The van der Waals surface area contributed by atoms with Crippen LogP contribution in [0.1, 0.15) is 27.4 Å². The first-order chi connectivity index (χ1) is 12.1. The maximum atomic E-state index is 12.8. The van der Waals surface area contributed by atoms with Crippen molar-refractivity contribution in [1.29, 1.82) is 0 Å². The third kappa shape index (κ3) is 3.60. The zero-order valence-electron chi connectivity index (χ0n) is 13.8. The molecular weight excluding hydrogens is 316 g/mol. The maximum absolute atomic E-state index is 12.8. The van der Waals surface area contributed by atoms with Crippen LogP contribution in [0.5, 0.6) is 0 Å². The molecule has 0 radical (unpaired) electrons. The SMILES string of the molecule is C=CCc1ccc(C(=O)N2C[C@H](C(=O)O)[C@@H](c3ccncc3)C2)cc1. The molecule has 1 aromatic carbocycles. The number of carbonyl (C=O) groups is 2. The summed E-state index contributed by atoms with van der Waals surface area (Å²) in [5, 5.41) is 9.55. The summed E-state index contributed by atoms with van der Waals surface area (Å²) in [5.74, 6) is -1.83. The summed E-state index contributed by atoms with van der Waals surface area (Å²) in [6.07, 6.45) is 5.87. The first kappa shape index (κ1) is 16.9. The summed E-state index contributed by atoms with van der Waals surface area (Å²) in [5.41, 5.74) is 2.57. The smallest absolute Gasteiger partial charge is 0.308 e. The molecule has 1 aliphatic heterocycles. The van der Waals surface area contributed by atoms with Crippen LogP contribution < -0.4 is 0 Å². The molecule has 2 atom stereocenters. The zero-order chi connectivity index (χ0) is 17.8. The highest BCUT2D eigenvalue weighted by molar-refractivity contribution is 5.95. The Hall–Kier alpha value is -2.95. The van der Waals surface area contributed by atoms with Gasteiger partial charge in [-0.15, -0.1) is 6.58 Å². The van der Waals surface area contributed by atoms with E-state index in [2.05, 4.69) is 11.6 Å². The number of pyridine rings is 1. The average molecular weight is 336 g/mol. The van der Waals surface area contributed by atoms with Crippen molar-refractivity contribution in [1.82, 2.24) is 9.88 Å².